The fourth-order valence-electron chi connectivity index (χ4n) is 2.73. The molecule has 160 valence electrons. The number of hydrogen-bond acceptors (Lipinski definition) is 7. The highest BCUT2D eigenvalue weighted by atomic mass is 32.1. The van der Waals surface area contributed by atoms with Crippen LogP contribution in [-0.4, -0.2) is 24.5 Å². The number of thiophene rings is 1. The molecule has 0 atom stereocenters. The number of anilines is 1. The number of carbonyl (C=O) groups excluding carboxylic acids is 3. The molecular weight excluding hydrogens is 418 g/mol. The Hall–Kier alpha value is -3.65. The minimum atomic E-state index is -0.622. The highest BCUT2D eigenvalue weighted by Gasteiger charge is 2.27. The Balaban J connectivity index is 1.81. The molecule has 3 aromatic rings. The minimum Gasteiger partial charge on any atom is -0.465 e. The normalized spacial score (nSPS) is 10.8. The molecule has 0 spiro atoms. The van der Waals surface area contributed by atoms with Crippen molar-refractivity contribution in [2.24, 2.45) is 0 Å². The topological polar surface area (TPSA) is 94.8 Å². The quantitative estimate of drug-likeness (QED) is 0.399. The minimum absolute atomic E-state index is 0.0966. The van der Waals surface area contributed by atoms with Crippen LogP contribution in [0, 0.1) is 6.92 Å². The highest BCUT2D eigenvalue weighted by molar-refractivity contribution is 7.18. The molecule has 1 amide bonds. The summed E-state index contributed by atoms with van der Waals surface area (Å²) in [5.74, 6) is -1.17. The molecule has 0 aliphatic heterocycles. The summed E-state index contributed by atoms with van der Waals surface area (Å²) in [6.45, 7) is 3.56. The third kappa shape index (κ3) is 5.70. The van der Waals surface area contributed by atoms with Gasteiger partial charge < -0.3 is 19.2 Å². The lowest BCUT2D eigenvalue weighted by molar-refractivity contribution is -0.111. The van der Waals surface area contributed by atoms with E-state index < -0.39 is 17.8 Å². The van der Waals surface area contributed by atoms with Gasteiger partial charge in [-0.3, -0.25) is 4.79 Å². The Morgan fingerprint density at radius 3 is 2.52 bits per heavy atom. The Morgan fingerprint density at radius 1 is 1.06 bits per heavy atom. The zero-order valence-corrected chi connectivity index (χ0v) is 17.9. The van der Waals surface area contributed by atoms with E-state index in [-0.39, 0.29) is 28.7 Å². The van der Waals surface area contributed by atoms with Gasteiger partial charge in [0.25, 0.3) is 0 Å². The Morgan fingerprint density at radius 2 is 1.84 bits per heavy atom. The first kappa shape index (κ1) is 22.0. The average molecular weight is 439 g/mol. The fourth-order valence-corrected chi connectivity index (χ4v) is 3.82. The molecule has 0 aliphatic carbocycles. The van der Waals surface area contributed by atoms with Gasteiger partial charge in [0.15, 0.2) is 0 Å². The second kappa shape index (κ2) is 10.4. The lowest BCUT2D eigenvalue weighted by atomic mass is 10.1. The maximum atomic E-state index is 12.6. The maximum absolute atomic E-state index is 12.6. The number of carbonyl (C=O) groups is 3. The predicted molar refractivity (Wildman–Crippen MR) is 117 cm³/mol. The maximum Gasteiger partial charge on any atom is 0.349 e. The molecule has 1 N–H and O–H groups in total. The van der Waals surface area contributed by atoms with Gasteiger partial charge in [0.2, 0.25) is 5.91 Å². The van der Waals surface area contributed by atoms with Crippen molar-refractivity contribution in [1.29, 1.82) is 0 Å². The fraction of sp³-hybridized carbons (Fsp3) is 0.174. The molecule has 3 rings (SSSR count). The molecule has 31 heavy (non-hydrogen) atoms. The van der Waals surface area contributed by atoms with Crippen molar-refractivity contribution in [3.63, 3.8) is 0 Å². The largest absolute Gasteiger partial charge is 0.465 e. The summed E-state index contributed by atoms with van der Waals surface area (Å²) >= 11 is 0.971. The molecule has 0 saturated carbocycles. The lowest BCUT2D eigenvalue weighted by Crippen LogP contribution is -2.13. The Labute approximate surface area is 183 Å². The molecule has 7 nitrogen and oxygen atoms in total. The van der Waals surface area contributed by atoms with Crippen LogP contribution in [-0.2, 0) is 20.9 Å². The zero-order chi connectivity index (χ0) is 22.2. The van der Waals surface area contributed by atoms with Crippen molar-refractivity contribution in [3.8, 4) is 0 Å². The first-order valence-electron chi connectivity index (χ1n) is 9.53. The van der Waals surface area contributed by atoms with Gasteiger partial charge in [-0.25, -0.2) is 9.59 Å². The third-order valence-electron chi connectivity index (χ3n) is 4.20. The van der Waals surface area contributed by atoms with Gasteiger partial charge in [-0.2, -0.15) is 0 Å². The van der Waals surface area contributed by atoms with Gasteiger partial charge in [-0.05, 0) is 43.2 Å². The second-order valence-electron chi connectivity index (χ2n) is 6.38. The number of furan rings is 1. The van der Waals surface area contributed by atoms with Crippen LogP contribution in [0.1, 0.15) is 43.8 Å². The summed E-state index contributed by atoms with van der Waals surface area (Å²) in [4.78, 5) is 37.7. The van der Waals surface area contributed by atoms with Crippen LogP contribution >= 0.6 is 11.3 Å². The van der Waals surface area contributed by atoms with E-state index in [4.69, 9.17) is 13.9 Å². The van der Waals surface area contributed by atoms with Gasteiger partial charge in [-0.1, -0.05) is 30.3 Å². The summed E-state index contributed by atoms with van der Waals surface area (Å²) in [5, 5.41) is 2.86. The molecule has 0 aliphatic rings. The lowest BCUT2D eigenvalue weighted by Gasteiger charge is -2.06. The summed E-state index contributed by atoms with van der Waals surface area (Å²) in [5.41, 5.74) is 1.37. The van der Waals surface area contributed by atoms with E-state index in [9.17, 15) is 14.4 Å². The van der Waals surface area contributed by atoms with E-state index >= 15 is 0 Å². The van der Waals surface area contributed by atoms with Crippen molar-refractivity contribution in [3.05, 3.63) is 82.1 Å². The highest BCUT2D eigenvalue weighted by Crippen LogP contribution is 2.34. The van der Waals surface area contributed by atoms with Crippen molar-refractivity contribution < 1.29 is 28.3 Å². The molecular formula is C23H21NO6S. The monoisotopic (exact) mass is 439 g/mol. The molecule has 0 unspecified atom stereocenters. The molecule has 0 fully saturated rings. The van der Waals surface area contributed by atoms with Crippen LogP contribution in [0.5, 0.6) is 0 Å². The summed E-state index contributed by atoms with van der Waals surface area (Å²) in [7, 11) is 0. The summed E-state index contributed by atoms with van der Waals surface area (Å²) < 4.78 is 15.6. The number of ether oxygens (including phenoxy) is 2. The number of esters is 2. The van der Waals surface area contributed by atoms with Gasteiger partial charge in [0.1, 0.15) is 22.2 Å². The van der Waals surface area contributed by atoms with Crippen LogP contribution < -0.4 is 5.32 Å². The van der Waals surface area contributed by atoms with Crippen molar-refractivity contribution in [2.75, 3.05) is 11.9 Å². The number of hydrogen-bond donors (Lipinski definition) is 1. The van der Waals surface area contributed by atoms with Crippen molar-refractivity contribution in [2.45, 2.75) is 20.5 Å². The van der Waals surface area contributed by atoms with Gasteiger partial charge in [0.05, 0.1) is 18.4 Å². The van der Waals surface area contributed by atoms with E-state index in [0.717, 1.165) is 16.9 Å². The molecule has 0 saturated heterocycles. The Kier molecular flexibility index (Phi) is 7.40. The van der Waals surface area contributed by atoms with E-state index in [0.29, 0.717) is 11.3 Å². The molecule has 1 aromatic carbocycles. The summed E-state index contributed by atoms with van der Waals surface area (Å²) in [6, 6.07) is 12.7. The van der Waals surface area contributed by atoms with Gasteiger partial charge >= 0.3 is 11.9 Å². The van der Waals surface area contributed by atoms with Crippen LogP contribution in [0.4, 0.5) is 5.00 Å². The number of benzene rings is 1. The number of amides is 1. The van der Waals surface area contributed by atoms with Gasteiger partial charge in [-0.15, -0.1) is 11.3 Å². The average Bonchev–Trinajstić information content (AvgIpc) is 3.39. The first-order chi connectivity index (χ1) is 15.0. The van der Waals surface area contributed by atoms with Crippen molar-refractivity contribution in [1.82, 2.24) is 0 Å². The van der Waals surface area contributed by atoms with Crippen LogP contribution in [0.3, 0.4) is 0 Å². The third-order valence-corrected chi connectivity index (χ3v) is 5.39. The van der Waals surface area contributed by atoms with E-state index in [1.165, 1.54) is 18.4 Å². The second-order valence-corrected chi connectivity index (χ2v) is 7.40. The van der Waals surface area contributed by atoms with Crippen LogP contribution in [0.15, 0.2) is 59.2 Å². The standard InChI is InChI=1S/C23H21NO6S/c1-3-28-22(26)19-15(2)20(23(27)30-14-16-8-5-4-6-9-16)31-21(19)24-18(25)12-11-17-10-7-13-29-17/h4-13H,3,14H2,1-2H3,(H,24,25)/b12-11+. The molecule has 2 aromatic heterocycles. The SMILES string of the molecule is CCOC(=O)c1c(NC(=O)/C=C/c2ccco2)sc(C(=O)OCc2ccccc2)c1C. The van der Waals surface area contributed by atoms with E-state index in [2.05, 4.69) is 5.32 Å². The number of nitrogens with one attached hydrogen (secondary N) is 1. The zero-order valence-electron chi connectivity index (χ0n) is 17.0. The molecule has 0 bridgehead atoms. The van der Waals surface area contributed by atoms with E-state index in [1.54, 1.807) is 26.0 Å². The smallest absolute Gasteiger partial charge is 0.349 e. The van der Waals surface area contributed by atoms with Crippen LogP contribution in [0.2, 0.25) is 0 Å². The number of rotatable bonds is 8. The molecule has 0 radical (unpaired) electrons. The summed E-state index contributed by atoms with van der Waals surface area (Å²) in [6.07, 6.45) is 4.26. The molecule has 2 heterocycles. The van der Waals surface area contributed by atoms with Crippen LogP contribution in [0.25, 0.3) is 6.08 Å². The first-order valence-corrected chi connectivity index (χ1v) is 10.3. The van der Waals surface area contributed by atoms with Gasteiger partial charge in [0, 0.05) is 6.08 Å². The van der Waals surface area contributed by atoms with E-state index in [1.807, 2.05) is 30.3 Å². The Bertz CT molecular complexity index is 1080. The molecule has 8 heteroatoms. The predicted octanol–water partition coefficient (Wildman–Crippen LogP) is 4.84. The van der Waals surface area contributed by atoms with Crippen molar-refractivity contribution >= 4 is 40.3 Å².